The van der Waals surface area contributed by atoms with Crippen LogP contribution in [0.3, 0.4) is 0 Å². The number of fused-ring (bicyclic) bond motifs is 6. The topological polar surface area (TPSA) is 9.86 Å². The molecule has 236 valence electrons. The molecule has 7 aromatic carbocycles. The molecular weight excluding hydrogens is 605 g/mol. The van der Waals surface area contributed by atoms with E-state index in [0.29, 0.717) is 0 Å². The number of rotatable bonds is 5. The highest BCUT2D eigenvalue weighted by molar-refractivity contribution is 6.15. The Morgan fingerprint density at radius 1 is 0.320 bits per heavy atom. The minimum atomic E-state index is 1.02. The van der Waals surface area contributed by atoms with Crippen LogP contribution in [0.4, 0.5) is 0 Å². The Balaban J connectivity index is 1.14. The minimum absolute atomic E-state index is 1.02. The van der Waals surface area contributed by atoms with Crippen molar-refractivity contribution in [3.05, 3.63) is 188 Å². The molecule has 0 radical (unpaired) electrons. The molecule has 50 heavy (non-hydrogen) atoms. The lowest BCUT2D eigenvalue weighted by Gasteiger charge is -2.20. The maximum Gasteiger partial charge on any atom is 0.0547 e. The molecular formula is C48H34N2. The molecule has 0 saturated heterocycles. The Bertz CT molecular complexity index is 2770. The molecule has 2 heteroatoms. The van der Waals surface area contributed by atoms with Crippen molar-refractivity contribution in [2.24, 2.45) is 0 Å². The van der Waals surface area contributed by atoms with Gasteiger partial charge in [-0.1, -0.05) is 146 Å². The first-order valence-corrected chi connectivity index (χ1v) is 17.5. The van der Waals surface area contributed by atoms with Gasteiger partial charge in [0, 0.05) is 38.5 Å². The van der Waals surface area contributed by atoms with Crippen LogP contribution in [0, 0.1) is 0 Å². The van der Waals surface area contributed by atoms with Gasteiger partial charge in [0.25, 0.3) is 0 Å². The Morgan fingerprint density at radius 3 is 1.44 bits per heavy atom. The van der Waals surface area contributed by atoms with Crippen LogP contribution < -0.4 is 0 Å². The molecule has 0 fully saturated rings. The number of benzene rings is 7. The standard InChI is InChI=1S/C48H34N2/c1-3-13-33(14-4-1)34-23-25-35(26-24-34)39-17-7-10-20-44(39)50-46-22-12-9-19-41(46)43-30-28-37(32-48(43)50)36-27-29-42-40-18-8-11-21-45(40)49(47(42)31-36)38-15-5-2-6-16-38/h1-6,8-9,11-32H,7,10H2. The fraction of sp³-hybridized carbons (Fsp3) is 0.0417. The summed E-state index contributed by atoms with van der Waals surface area (Å²) in [5.74, 6) is 0. The summed E-state index contributed by atoms with van der Waals surface area (Å²) < 4.78 is 4.90. The molecule has 0 N–H and O–H groups in total. The summed E-state index contributed by atoms with van der Waals surface area (Å²) in [5, 5.41) is 5.09. The van der Waals surface area contributed by atoms with Gasteiger partial charge in [-0.25, -0.2) is 0 Å². The molecule has 2 nitrogen and oxygen atoms in total. The van der Waals surface area contributed by atoms with Crippen molar-refractivity contribution in [1.29, 1.82) is 0 Å². The number of allylic oxidation sites excluding steroid dienone is 4. The third kappa shape index (κ3) is 4.57. The van der Waals surface area contributed by atoms with Crippen molar-refractivity contribution in [2.75, 3.05) is 0 Å². The highest BCUT2D eigenvalue weighted by Gasteiger charge is 2.20. The van der Waals surface area contributed by atoms with Crippen molar-refractivity contribution in [1.82, 2.24) is 9.13 Å². The number of nitrogens with zero attached hydrogens (tertiary/aromatic N) is 2. The maximum absolute atomic E-state index is 2.50. The van der Waals surface area contributed by atoms with Gasteiger partial charge in [-0.2, -0.15) is 0 Å². The molecule has 9 aromatic rings. The Labute approximate surface area is 291 Å². The Morgan fingerprint density at radius 2 is 0.780 bits per heavy atom. The predicted octanol–water partition coefficient (Wildman–Crippen LogP) is 12.9. The SMILES string of the molecule is C1=C(c2ccc(-c3ccccc3)cc2)C(n2c3ccccc3c3ccc(-c4ccc5c6ccccc6n(-c6ccccc6)c5c4)cc32)=CCC1. The summed E-state index contributed by atoms with van der Waals surface area (Å²) in [6.45, 7) is 0. The van der Waals surface area contributed by atoms with E-state index in [0.717, 1.165) is 12.8 Å². The van der Waals surface area contributed by atoms with Gasteiger partial charge < -0.3 is 9.13 Å². The van der Waals surface area contributed by atoms with Gasteiger partial charge in [0.2, 0.25) is 0 Å². The number of hydrogen-bond donors (Lipinski definition) is 0. The van der Waals surface area contributed by atoms with Gasteiger partial charge in [-0.3, -0.25) is 0 Å². The predicted molar refractivity (Wildman–Crippen MR) is 213 cm³/mol. The third-order valence-corrected chi connectivity index (χ3v) is 10.4. The van der Waals surface area contributed by atoms with E-state index in [1.165, 1.54) is 88.4 Å². The maximum atomic E-state index is 2.50. The van der Waals surface area contributed by atoms with E-state index >= 15 is 0 Å². The third-order valence-electron chi connectivity index (χ3n) is 10.4. The second-order valence-corrected chi connectivity index (χ2v) is 13.2. The summed E-state index contributed by atoms with van der Waals surface area (Å²) in [6.07, 6.45) is 6.92. The van der Waals surface area contributed by atoms with Gasteiger partial charge in [0.1, 0.15) is 0 Å². The van der Waals surface area contributed by atoms with E-state index in [1.807, 2.05) is 0 Å². The molecule has 0 unspecified atom stereocenters. The average molecular weight is 639 g/mol. The van der Waals surface area contributed by atoms with Crippen LogP contribution >= 0.6 is 0 Å². The molecule has 0 spiro atoms. The molecule has 10 rings (SSSR count). The lowest BCUT2D eigenvalue weighted by Crippen LogP contribution is -2.03. The van der Waals surface area contributed by atoms with E-state index in [4.69, 9.17) is 0 Å². The molecule has 0 amide bonds. The van der Waals surface area contributed by atoms with E-state index in [9.17, 15) is 0 Å². The van der Waals surface area contributed by atoms with Crippen LogP contribution in [0.5, 0.6) is 0 Å². The highest BCUT2D eigenvalue weighted by Crippen LogP contribution is 2.41. The van der Waals surface area contributed by atoms with Crippen molar-refractivity contribution in [2.45, 2.75) is 12.8 Å². The monoisotopic (exact) mass is 638 g/mol. The zero-order valence-corrected chi connectivity index (χ0v) is 27.6. The fourth-order valence-corrected chi connectivity index (χ4v) is 8.03. The lowest BCUT2D eigenvalue weighted by molar-refractivity contribution is 1.02. The molecule has 0 saturated carbocycles. The summed E-state index contributed by atoms with van der Waals surface area (Å²) >= 11 is 0. The van der Waals surface area contributed by atoms with Gasteiger partial charge in [0.05, 0.1) is 22.1 Å². The van der Waals surface area contributed by atoms with Crippen molar-refractivity contribution in [3.63, 3.8) is 0 Å². The molecule has 2 aromatic heterocycles. The molecule has 1 aliphatic rings. The minimum Gasteiger partial charge on any atom is -0.309 e. The molecule has 1 aliphatic carbocycles. The molecule has 2 heterocycles. The summed E-state index contributed by atoms with van der Waals surface area (Å²) in [7, 11) is 0. The summed E-state index contributed by atoms with van der Waals surface area (Å²) in [5.41, 5.74) is 14.8. The lowest BCUT2D eigenvalue weighted by atomic mass is 9.94. The van der Waals surface area contributed by atoms with Crippen molar-refractivity contribution < 1.29 is 0 Å². The largest absolute Gasteiger partial charge is 0.309 e. The van der Waals surface area contributed by atoms with Gasteiger partial charge in [0.15, 0.2) is 0 Å². The molecule has 0 atom stereocenters. The van der Waals surface area contributed by atoms with Crippen molar-refractivity contribution >= 4 is 54.9 Å². The van der Waals surface area contributed by atoms with Crippen LogP contribution in [0.25, 0.3) is 82.8 Å². The zero-order valence-electron chi connectivity index (χ0n) is 27.6. The molecule has 0 bridgehead atoms. The molecule has 0 aliphatic heterocycles. The smallest absolute Gasteiger partial charge is 0.0547 e. The second-order valence-electron chi connectivity index (χ2n) is 13.2. The Hall–Kier alpha value is -6.38. The van der Waals surface area contributed by atoms with Gasteiger partial charge in [-0.05, 0) is 77.1 Å². The number of para-hydroxylation sites is 3. The first-order valence-electron chi connectivity index (χ1n) is 17.5. The van der Waals surface area contributed by atoms with Gasteiger partial charge >= 0.3 is 0 Å². The second kappa shape index (κ2) is 11.6. The van der Waals surface area contributed by atoms with Gasteiger partial charge in [-0.15, -0.1) is 0 Å². The van der Waals surface area contributed by atoms with Crippen LogP contribution in [0.2, 0.25) is 0 Å². The summed E-state index contributed by atoms with van der Waals surface area (Å²) in [6, 6.07) is 62.0. The summed E-state index contributed by atoms with van der Waals surface area (Å²) in [4.78, 5) is 0. The number of aromatic nitrogens is 2. The van der Waals surface area contributed by atoms with E-state index in [2.05, 4.69) is 191 Å². The van der Waals surface area contributed by atoms with E-state index in [-0.39, 0.29) is 0 Å². The number of hydrogen-bond acceptors (Lipinski definition) is 0. The first kappa shape index (κ1) is 28.6. The average Bonchev–Trinajstić information content (AvgIpc) is 3.71. The highest BCUT2D eigenvalue weighted by atomic mass is 15.0. The first-order chi connectivity index (χ1) is 24.8. The van der Waals surface area contributed by atoms with Crippen molar-refractivity contribution in [3.8, 4) is 27.9 Å². The fourth-order valence-electron chi connectivity index (χ4n) is 8.03. The normalized spacial score (nSPS) is 13.3. The quantitative estimate of drug-likeness (QED) is 0.178. The van der Waals surface area contributed by atoms with Crippen LogP contribution in [0.15, 0.2) is 182 Å². The Kier molecular flexibility index (Phi) is 6.67. The van der Waals surface area contributed by atoms with E-state index < -0.39 is 0 Å². The van der Waals surface area contributed by atoms with Crippen LogP contribution in [-0.2, 0) is 0 Å². The zero-order chi connectivity index (χ0) is 33.0. The van der Waals surface area contributed by atoms with E-state index in [1.54, 1.807) is 0 Å². The van der Waals surface area contributed by atoms with Crippen LogP contribution in [-0.4, -0.2) is 9.13 Å². The van der Waals surface area contributed by atoms with Crippen LogP contribution in [0.1, 0.15) is 18.4 Å².